The molecule has 1 saturated carbocycles. The number of likely N-dealkylation sites (tertiary alicyclic amines) is 1. The number of ether oxygens (including phenoxy) is 1. The van der Waals surface area contributed by atoms with Crippen molar-refractivity contribution >= 4 is 6.03 Å². The Balaban J connectivity index is 1.49. The van der Waals surface area contributed by atoms with E-state index in [1.165, 1.54) is 6.42 Å². The highest BCUT2D eigenvalue weighted by Crippen LogP contribution is 2.42. The third-order valence-electron chi connectivity index (χ3n) is 6.01. The molecule has 2 amide bonds. The van der Waals surface area contributed by atoms with Crippen LogP contribution in [-0.4, -0.2) is 49.3 Å². The summed E-state index contributed by atoms with van der Waals surface area (Å²) in [5.41, 5.74) is 6.33. The Morgan fingerprint density at radius 2 is 2.10 bits per heavy atom. The number of nitrogens with one attached hydrogen (secondary N) is 1. The molecule has 2 atom stereocenters. The average Bonchev–Trinajstić information content (AvgIpc) is 2.70. The maximum absolute atomic E-state index is 12.4. The molecular formula is C16H29N3O2. The molecule has 2 heterocycles. The zero-order chi connectivity index (χ0) is 15.1. The number of hydrogen-bond acceptors (Lipinski definition) is 3. The van der Waals surface area contributed by atoms with Gasteiger partial charge >= 0.3 is 6.03 Å². The first-order valence-electron chi connectivity index (χ1n) is 8.30. The minimum atomic E-state index is -0.0897. The standard InChI is InChI=1S/C16H29N3O2/c1-15(2,12-4-7-21-8-5-12)10-18-14(20)19-9-13-3-6-16(13,17)11-19/h12-13H,3-11,17H2,1-2H3,(H,18,20)/t13-,16-/m0/s1. The molecule has 3 N–H and O–H groups in total. The van der Waals surface area contributed by atoms with E-state index < -0.39 is 0 Å². The lowest BCUT2D eigenvalue weighted by Gasteiger charge is -2.40. The molecule has 0 aromatic rings. The number of amides is 2. The lowest BCUT2D eigenvalue weighted by Crippen LogP contribution is -2.55. The lowest BCUT2D eigenvalue weighted by atomic mass is 9.70. The van der Waals surface area contributed by atoms with Gasteiger partial charge in [-0.25, -0.2) is 4.79 Å². The SMILES string of the molecule is CC(C)(CNC(=O)N1C[C@@H]2CC[C@]2(N)C1)C1CCOCC1. The van der Waals surface area contributed by atoms with Gasteiger partial charge in [-0.3, -0.25) is 0 Å². The Hall–Kier alpha value is -0.810. The summed E-state index contributed by atoms with van der Waals surface area (Å²) in [7, 11) is 0. The molecule has 5 nitrogen and oxygen atoms in total. The van der Waals surface area contributed by atoms with Crippen molar-refractivity contribution in [2.24, 2.45) is 23.0 Å². The largest absolute Gasteiger partial charge is 0.381 e. The monoisotopic (exact) mass is 295 g/mol. The summed E-state index contributed by atoms with van der Waals surface area (Å²) in [4.78, 5) is 14.3. The maximum Gasteiger partial charge on any atom is 0.317 e. The molecule has 21 heavy (non-hydrogen) atoms. The van der Waals surface area contributed by atoms with Crippen molar-refractivity contribution in [1.29, 1.82) is 0 Å². The van der Waals surface area contributed by atoms with Crippen molar-refractivity contribution in [3.05, 3.63) is 0 Å². The van der Waals surface area contributed by atoms with Gasteiger partial charge in [0.05, 0.1) is 0 Å². The van der Waals surface area contributed by atoms with Gasteiger partial charge in [-0.05, 0) is 42.9 Å². The molecule has 0 radical (unpaired) electrons. The second kappa shape index (κ2) is 5.43. The molecule has 3 fully saturated rings. The summed E-state index contributed by atoms with van der Waals surface area (Å²) in [5.74, 6) is 1.15. The van der Waals surface area contributed by atoms with Crippen LogP contribution in [0.4, 0.5) is 4.79 Å². The van der Waals surface area contributed by atoms with Crippen molar-refractivity contribution < 1.29 is 9.53 Å². The zero-order valence-corrected chi connectivity index (χ0v) is 13.4. The van der Waals surface area contributed by atoms with Crippen molar-refractivity contribution in [2.75, 3.05) is 32.8 Å². The van der Waals surface area contributed by atoms with Gasteiger partial charge in [0.1, 0.15) is 0 Å². The van der Waals surface area contributed by atoms with Gasteiger partial charge in [-0.1, -0.05) is 13.8 Å². The number of fused-ring (bicyclic) bond motifs is 1. The summed E-state index contributed by atoms with van der Waals surface area (Å²) in [6, 6.07) is 0.0642. The lowest BCUT2D eigenvalue weighted by molar-refractivity contribution is 0.0233. The molecule has 3 aliphatic rings. The molecule has 0 spiro atoms. The van der Waals surface area contributed by atoms with E-state index in [-0.39, 0.29) is 17.0 Å². The summed E-state index contributed by atoms with van der Waals surface area (Å²) in [6.07, 6.45) is 4.43. The van der Waals surface area contributed by atoms with Crippen LogP contribution in [0.5, 0.6) is 0 Å². The fourth-order valence-corrected chi connectivity index (χ4v) is 4.08. The van der Waals surface area contributed by atoms with Crippen LogP contribution >= 0.6 is 0 Å². The second-order valence-corrected chi connectivity index (χ2v) is 7.88. The van der Waals surface area contributed by atoms with Gasteiger partial charge in [0.25, 0.3) is 0 Å². The summed E-state index contributed by atoms with van der Waals surface area (Å²) < 4.78 is 5.43. The molecule has 2 aliphatic heterocycles. The molecule has 0 unspecified atom stereocenters. The second-order valence-electron chi connectivity index (χ2n) is 7.88. The average molecular weight is 295 g/mol. The van der Waals surface area contributed by atoms with Crippen LogP contribution in [0, 0.1) is 17.3 Å². The Morgan fingerprint density at radius 1 is 1.38 bits per heavy atom. The number of nitrogens with zero attached hydrogens (tertiary/aromatic N) is 1. The molecule has 1 aliphatic carbocycles. The maximum atomic E-state index is 12.4. The van der Waals surface area contributed by atoms with E-state index in [1.54, 1.807) is 0 Å². The minimum absolute atomic E-state index is 0.0642. The third-order valence-corrected chi connectivity index (χ3v) is 6.01. The minimum Gasteiger partial charge on any atom is -0.381 e. The molecule has 5 heteroatoms. The van der Waals surface area contributed by atoms with Gasteiger partial charge in [-0.2, -0.15) is 0 Å². The van der Waals surface area contributed by atoms with E-state index in [0.29, 0.717) is 11.8 Å². The van der Waals surface area contributed by atoms with Crippen molar-refractivity contribution in [3.63, 3.8) is 0 Å². The highest BCUT2D eigenvalue weighted by Gasteiger charge is 2.51. The van der Waals surface area contributed by atoms with Gasteiger partial charge in [0, 0.05) is 38.4 Å². The Bertz CT molecular complexity index is 406. The van der Waals surface area contributed by atoms with Crippen LogP contribution in [0.15, 0.2) is 0 Å². The van der Waals surface area contributed by atoms with Crippen molar-refractivity contribution in [3.8, 4) is 0 Å². The molecule has 3 rings (SSSR count). The normalized spacial score (nSPS) is 33.5. The van der Waals surface area contributed by atoms with E-state index in [0.717, 1.165) is 52.1 Å². The number of hydrogen-bond donors (Lipinski definition) is 2. The Morgan fingerprint density at radius 3 is 2.62 bits per heavy atom. The predicted octanol–water partition coefficient (Wildman–Crippen LogP) is 1.57. The van der Waals surface area contributed by atoms with E-state index in [4.69, 9.17) is 10.5 Å². The molecule has 0 bridgehead atoms. The highest BCUT2D eigenvalue weighted by atomic mass is 16.5. The van der Waals surface area contributed by atoms with Crippen LogP contribution in [-0.2, 0) is 4.74 Å². The molecule has 2 saturated heterocycles. The van der Waals surface area contributed by atoms with Gasteiger partial charge in [0.2, 0.25) is 0 Å². The first kappa shape index (κ1) is 15.1. The Kier molecular flexibility index (Phi) is 3.91. The van der Waals surface area contributed by atoms with Gasteiger partial charge in [-0.15, -0.1) is 0 Å². The van der Waals surface area contributed by atoms with Crippen LogP contribution in [0.25, 0.3) is 0 Å². The fraction of sp³-hybridized carbons (Fsp3) is 0.938. The number of rotatable bonds is 3. The number of carbonyl (C=O) groups excluding carboxylic acids is 1. The fourth-order valence-electron chi connectivity index (χ4n) is 4.08. The van der Waals surface area contributed by atoms with Crippen LogP contribution in [0.3, 0.4) is 0 Å². The smallest absolute Gasteiger partial charge is 0.317 e. The highest BCUT2D eigenvalue weighted by molar-refractivity contribution is 5.75. The summed E-state index contributed by atoms with van der Waals surface area (Å²) >= 11 is 0. The van der Waals surface area contributed by atoms with E-state index in [2.05, 4.69) is 19.2 Å². The molecule has 0 aromatic carbocycles. The number of urea groups is 1. The zero-order valence-electron chi connectivity index (χ0n) is 13.4. The van der Waals surface area contributed by atoms with Crippen LogP contribution < -0.4 is 11.1 Å². The summed E-state index contributed by atoms with van der Waals surface area (Å²) in [5, 5.41) is 3.14. The van der Waals surface area contributed by atoms with E-state index in [9.17, 15) is 4.79 Å². The van der Waals surface area contributed by atoms with E-state index >= 15 is 0 Å². The molecular weight excluding hydrogens is 266 g/mol. The van der Waals surface area contributed by atoms with Crippen molar-refractivity contribution in [2.45, 2.75) is 45.1 Å². The number of carbonyl (C=O) groups is 1. The third kappa shape index (κ3) is 2.90. The van der Waals surface area contributed by atoms with Crippen molar-refractivity contribution in [1.82, 2.24) is 10.2 Å². The first-order valence-corrected chi connectivity index (χ1v) is 8.30. The van der Waals surface area contributed by atoms with Gasteiger partial charge in [0.15, 0.2) is 0 Å². The summed E-state index contributed by atoms with van der Waals surface area (Å²) in [6.45, 7) is 8.50. The number of nitrogens with two attached hydrogens (primary N) is 1. The predicted molar refractivity (Wildman–Crippen MR) is 81.9 cm³/mol. The first-order chi connectivity index (χ1) is 9.91. The Labute approximate surface area is 127 Å². The van der Waals surface area contributed by atoms with E-state index in [1.807, 2.05) is 4.90 Å². The molecule has 0 aromatic heterocycles. The van der Waals surface area contributed by atoms with Crippen LogP contribution in [0.2, 0.25) is 0 Å². The van der Waals surface area contributed by atoms with Crippen LogP contribution in [0.1, 0.15) is 39.5 Å². The topological polar surface area (TPSA) is 67.6 Å². The quantitative estimate of drug-likeness (QED) is 0.830. The molecule has 120 valence electrons. The van der Waals surface area contributed by atoms with Gasteiger partial charge < -0.3 is 20.7 Å².